The van der Waals surface area contributed by atoms with Crippen LogP contribution in [0.3, 0.4) is 0 Å². The molecule has 0 aliphatic heterocycles. The van der Waals surface area contributed by atoms with Gasteiger partial charge in [0, 0.05) is 24.6 Å². The van der Waals surface area contributed by atoms with E-state index in [0.29, 0.717) is 0 Å². The van der Waals surface area contributed by atoms with Gasteiger partial charge in [-0.25, -0.2) is 0 Å². The number of unbranched alkanes of at least 4 members (excludes halogenated alkanes) is 9. The van der Waals surface area contributed by atoms with Crippen molar-refractivity contribution in [2.75, 3.05) is 51.3 Å². The predicted octanol–water partition coefficient (Wildman–Crippen LogP) is 7.24. The fourth-order valence-electron chi connectivity index (χ4n) is 3.28. The quantitative estimate of drug-likeness (QED) is 0.124. The fourth-order valence-corrected chi connectivity index (χ4v) is 4.89. The molecular weight excluding hydrogens is 394 g/mol. The van der Waals surface area contributed by atoms with Crippen LogP contribution in [-0.2, 0) is 0 Å². The minimum absolute atomic E-state index is 1.14. The summed E-state index contributed by atoms with van der Waals surface area (Å²) in [7, 11) is 2.20. The van der Waals surface area contributed by atoms with Crippen LogP contribution in [0.1, 0.15) is 104 Å². The van der Waals surface area contributed by atoms with Gasteiger partial charge in [0.25, 0.3) is 0 Å². The van der Waals surface area contributed by atoms with Crippen LogP contribution in [0, 0.1) is 0 Å². The molecule has 0 radical (unpaired) electrons. The summed E-state index contributed by atoms with van der Waals surface area (Å²) < 4.78 is 5.82. The second-order valence-corrected chi connectivity index (χ2v) is 10.5. The Labute approximate surface area is 193 Å². The molecule has 0 unspecified atom stereocenters. The Morgan fingerprint density at radius 3 is 1.76 bits per heavy atom. The van der Waals surface area contributed by atoms with Crippen molar-refractivity contribution in [3.05, 3.63) is 0 Å². The van der Waals surface area contributed by atoms with Crippen molar-refractivity contribution < 1.29 is 0 Å². The molecule has 3 nitrogen and oxygen atoms in total. The lowest BCUT2D eigenvalue weighted by atomic mass is 10.1. The van der Waals surface area contributed by atoms with Gasteiger partial charge in [-0.3, -0.25) is 9.03 Å². The molecule has 176 valence electrons. The zero-order valence-corrected chi connectivity index (χ0v) is 22.0. The Morgan fingerprint density at radius 2 is 1.17 bits per heavy atom. The van der Waals surface area contributed by atoms with Gasteiger partial charge in [0.2, 0.25) is 0 Å². The summed E-state index contributed by atoms with van der Waals surface area (Å²) >= 11 is 3.92. The molecule has 0 heterocycles. The molecule has 0 fully saturated rings. The molecule has 0 aromatic rings. The van der Waals surface area contributed by atoms with Gasteiger partial charge in [-0.1, -0.05) is 89.6 Å². The molecule has 0 bridgehead atoms. The van der Waals surface area contributed by atoms with E-state index in [1.807, 2.05) is 23.9 Å². The van der Waals surface area contributed by atoms with Crippen molar-refractivity contribution in [2.24, 2.45) is 0 Å². The van der Waals surface area contributed by atoms with E-state index in [-0.39, 0.29) is 0 Å². The van der Waals surface area contributed by atoms with Crippen molar-refractivity contribution >= 4 is 23.9 Å². The molecule has 0 saturated heterocycles. The predicted molar refractivity (Wildman–Crippen MR) is 139 cm³/mol. The third kappa shape index (κ3) is 23.1. The van der Waals surface area contributed by atoms with Gasteiger partial charge in [-0.15, -0.1) is 0 Å². The first-order valence-corrected chi connectivity index (χ1v) is 14.6. The Hall–Kier alpha value is 0.580. The number of hydrogen-bond acceptors (Lipinski definition) is 5. The van der Waals surface area contributed by atoms with Crippen LogP contribution < -0.4 is 4.72 Å². The Balaban J connectivity index is 3.66. The highest BCUT2D eigenvalue weighted by Gasteiger charge is 2.05. The first-order valence-electron chi connectivity index (χ1n) is 12.7. The van der Waals surface area contributed by atoms with E-state index in [9.17, 15) is 0 Å². The molecule has 0 spiro atoms. The average Bonchev–Trinajstić information content (AvgIpc) is 2.73. The van der Waals surface area contributed by atoms with Gasteiger partial charge in [0.15, 0.2) is 0 Å². The maximum atomic E-state index is 3.48. The monoisotopic (exact) mass is 447 g/mol. The first-order chi connectivity index (χ1) is 14.2. The number of nitrogens with one attached hydrogen (secondary N) is 1. The Kier molecular flexibility index (Phi) is 25.3. The van der Waals surface area contributed by atoms with E-state index in [1.54, 1.807) is 0 Å². The largest absolute Gasteiger partial charge is 0.303 e. The van der Waals surface area contributed by atoms with Crippen LogP contribution in [0.2, 0.25) is 0 Å². The van der Waals surface area contributed by atoms with Crippen LogP contribution in [0.5, 0.6) is 0 Å². The molecule has 1 N–H and O–H groups in total. The summed E-state index contributed by atoms with van der Waals surface area (Å²) in [6, 6.07) is 0. The van der Waals surface area contributed by atoms with E-state index in [2.05, 4.69) is 41.7 Å². The molecule has 0 aromatic heterocycles. The highest BCUT2D eigenvalue weighted by Crippen LogP contribution is 2.12. The van der Waals surface area contributed by atoms with Gasteiger partial charge in [-0.2, -0.15) is 0 Å². The van der Waals surface area contributed by atoms with Crippen molar-refractivity contribution in [2.45, 2.75) is 104 Å². The lowest BCUT2D eigenvalue weighted by Crippen LogP contribution is -2.27. The Morgan fingerprint density at radius 1 is 0.621 bits per heavy atom. The second-order valence-electron chi connectivity index (χ2n) is 8.25. The van der Waals surface area contributed by atoms with Gasteiger partial charge in [0.05, 0.1) is 0 Å². The van der Waals surface area contributed by atoms with Crippen LogP contribution in [0.15, 0.2) is 0 Å². The SMILES string of the molecule is CCCCCN(CCCCCCSNCCCC)CCCCCCSN(C)CC. The standard InChI is InChI=1S/C24H53N3S2/c1-5-8-14-20-27(22-16-11-13-18-24-29-26(4)7-3)21-15-10-12-17-23-28-25-19-9-6-2/h25H,5-24H2,1-4H3. The van der Waals surface area contributed by atoms with Crippen LogP contribution >= 0.6 is 23.9 Å². The van der Waals surface area contributed by atoms with Crippen LogP contribution in [0.25, 0.3) is 0 Å². The lowest BCUT2D eigenvalue weighted by Gasteiger charge is -2.22. The van der Waals surface area contributed by atoms with E-state index in [0.717, 1.165) is 6.54 Å². The van der Waals surface area contributed by atoms with E-state index in [4.69, 9.17) is 0 Å². The molecular formula is C24H53N3S2. The molecule has 5 heteroatoms. The topological polar surface area (TPSA) is 18.5 Å². The number of nitrogens with zero attached hydrogens (tertiary/aromatic N) is 2. The fraction of sp³-hybridized carbons (Fsp3) is 1.00. The summed E-state index contributed by atoms with van der Waals surface area (Å²) in [5, 5.41) is 0. The van der Waals surface area contributed by atoms with E-state index < -0.39 is 0 Å². The maximum absolute atomic E-state index is 3.48. The third-order valence-electron chi connectivity index (χ3n) is 5.41. The van der Waals surface area contributed by atoms with Gasteiger partial charge in [-0.05, 0) is 65.2 Å². The van der Waals surface area contributed by atoms with Crippen molar-refractivity contribution in [1.29, 1.82) is 0 Å². The molecule has 0 aromatic carbocycles. The summed E-state index contributed by atoms with van der Waals surface area (Å²) in [4.78, 5) is 2.76. The number of hydrogen-bond donors (Lipinski definition) is 1. The molecule has 0 aliphatic carbocycles. The zero-order chi connectivity index (χ0) is 21.4. The molecule has 0 atom stereocenters. The summed E-state index contributed by atoms with van der Waals surface area (Å²) in [6.07, 6.45) is 17.8. The summed E-state index contributed by atoms with van der Waals surface area (Å²) in [6.45, 7) is 13.1. The molecule has 0 saturated carbocycles. The van der Waals surface area contributed by atoms with Gasteiger partial charge < -0.3 is 4.90 Å². The zero-order valence-electron chi connectivity index (χ0n) is 20.4. The van der Waals surface area contributed by atoms with Crippen LogP contribution in [-0.4, -0.2) is 60.5 Å². The number of rotatable bonds is 24. The molecule has 0 aliphatic rings. The summed E-state index contributed by atoms with van der Waals surface area (Å²) in [5.74, 6) is 2.56. The third-order valence-corrected chi connectivity index (χ3v) is 7.48. The highest BCUT2D eigenvalue weighted by atomic mass is 32.2. The molecule has 0 amide bonds. The minimum atomic E-state index is 1.14. The molecule has 0 rings (SSSR count). The Bertz CT molecular complexity index is 306. The van der Waals surface area contributed by atoms with Crippen LogP contribution in [0.4, 0.5) is 0 Å². The van der Waals surface area contributed by atoms with Gasteiger partial charge in [0.1, 0.15) is 0 Å². The molecule has 29 heavy (non-hydrogen) atoms. The maximum Gasteiger partial charge on any atom is 0.00807 e. The second kappa shape index (κ2) is 24.8. The smallest absolute Gasteiger partial charge is 0.00807 e. The summed E-state index contributed by atoms with van der Waals surface area (Å²) in [5.41, 5.74) is 0. The van der Waals surface area contributed by atoms with Crippen molar-refractivity contribution in [3.63, 3.8) is 0 Å². The highest BCUT2D eigenvalue weighted by molar-refractivity contribution is 7.97. The van der Waals surface area contributed by atoms with Crippen molar-refractivity contribution in [3.8, 4) is 0 Å². The average molecular weight is 448 g/mol. The lowest BCUT2D eigenvalue weighted by molar-refractivity contribution is 0.255. The van der Waals surface area contributed by atoms with E-state index in [1.165, 1.54) is 121 Å². The van der Waals surface area contributed by atoms with Crippen molar-refractivity contribution in [1.82, 2.24) is 13.9 Å². The first kappa shape index (κ1) is 29.6. The van der Waals surface area contributed by atoms with E-state index >= 15 is 0 Å². The minimum Gasteiger partial charge on any atom is -0.303 e. The normalized spacial score (nSPS) is 11.8. The van der Waals surface area contributed by atoms with Gasteiger partial charge >= 0.3 is 0 Å².